The number of halogens is 1. The molecular weight excluding hydrogens is 284 g/mol. The lowest BCUT2D eigenvalue weighted by Gasteiger charge is -2.06. The van der Waals surface area contributed by atoms with E-state index in [2.05, 4.69) is 26.4 Å². The van der Waals surface area contributed by atoms with Crippen LogP contribution in [-0.4, -0.2) is 23.4 Å². The second-order valence-electron chi connectivity index (χ2n) is 3.61. The first-order valence-electron chi connectivity index (χ1n) is 5.41. The lowest BCUT2D eigenvalue weighted by molar-refractivity contribution is -0.115. The van der Waals surface area contributed by atoms with E-state index in [0.29, 0.717) is 13.0 Å². The molecule has 0 aliphatic rings. The molecule has 92 valence electrons. The van der Waals surface area contributed by atoms with Crippen LogP contribution in [0.3, 0.4) is 0 Å². The molecule has 1 rings (SSSR count). The summed E-state index contributed by atoms with van der Waals surface area (Å²) in [6.45, 7) is 2.54. The van der Waals surface area contributed by atoms with Gasteiger partial charge in [-0.3, -0.25) is 4.79 Å². The van der Waals surface area contributed by atoms with Gasteiger partial charge in [0.05, 0.1) is 0 Å². The van der Waals surface area contributed by atoms with Gasteiger partial charge in [-0.1, -0.05) is 40.1 Å². The number of nitrogens with one attached hydrogen (secondary N) is 1. The summed E-state index contributed by atoms with van der Waals surface area (Å²) in [6.07, 6.45) is 1.16. The van der Waals surface area contributed by atoms with Gasteiger partial charge in [0, 0.05) is 17.4 Å². The molecule has 17 heavy (non-hydrogen) atoms. The predicted molar refractivity (Wildman–Crippen MR) is 70.4 cm³/mol. The minimum atomic E-state index is -0.325. The standard InChI is InChI=1S/C12H15BrN2O2/c1-2-6-14-12(16)11(15-17)8-9-4-3-5-10(13)7-9/h3-5,7,17H,2,6,8H2,1H3,(H,14,16)/b15-11+. The smallest absolute Gasteiger partial charge is 0.269 e. The van der Waals surface area contributed by atoms with Crippen LogP contribution in [0.4, 0.5) is 0 Å². The second-order valence-corrected chi connectivity index (χ2v) is 4.52. The Labute approximate surface area is 109 Å². The van der Waals surface area contributed by atoms with Gasteiger partial charge in [-0.15, -0.1) is 0 Å². The number of carbonyl (C=O) groups is 1. The number of benzene rings is 1. The Kier molecular flexibility index (Phi) is 5.69. The Morgan fingerprint density at radius 1 is 1.53 bits per heavy atom. The van der Waals surface area contributed by atoms with Gasteiger partial charge in [0.2, 0.25) is 0 Å². The van der Waals surface area contributed by atoms with E-state index >= 15 is 0 Å². The molecule has 5 heteroatoms. The molecule has 1 aromatic carbocycles. The van der Waals surface area contributed by atoms with E-state index in [1.54, 1.807) is 0 Å². The Hall–Kier alpha value is -1.36. The van der Waals surface area contributed by atoms with Crippen molar-refractivity contribution in [3.63, 3.8) is 0 Å². The fourth-order valence-electron chi connectivity index (χ4n) is 1.34. The first-order chi connectivity index (χ1) is 8.17. The van der Waals surface area contributed by atoms with Crippen molar-refractivity contribution in [2.45, 2.75) is 19.8 Å². The maximum Gasteiger partial charge on any atom is 0.269 e. The molecule has 4 nitrogen and oxygen atoms in total. The molecule has 0 saturated carbocycles. The van der Waals surface area contributed by atoms with E-state index < -0.39 is 0 Å². The van der Waals surface area contributed by atoms with Crippen LogP contribution in [0.2, 0.25) is 0 Å². The summed E-state index contributed by atoms with van der Waals surface area (Å²) in [4.78, 5) is 11.6. The summed E-state index contributed by atoms with van der Waals surface area (Å²) < 4.78 is 0.932. The molecule has 0 unspecified atom stereocenters. The highest BCUT2D eigenvalue weighted by Crippen LogP contribution is 2.12. The normalized spacial score (nSPS) is 11.3. The quantitative estimate of drug-likeness (QED) is 0.498. The van der Waals surface area contributed by atoms with Gasteiger partial charge in [-0.2, -0.15) is 0 Å². The molecule has 0 spiro atoms. The molecule has 0 fully saturated rings. The van der Waals surface area contributed by atoms with Crippen LogP contribution < -0.4 is 5.32 Å². The Bertz CT molecular complexity index is 419. The molecule has 0 aliphatic heterocycles. The average Bonchev–Trinajstić information content (AvgIpc) is 2.33. The fraction of sp³-hybridized carbons (Fsp3) is 0.333. The van der Waals surface area contributed by atoms with Crippen molar-refractivity contribution in [3.8, 4) is 0 Å². The van der Waals surface area contributed by atoms with E-state index in [-0.39, 0.29) is 11.6 Å². The lowest BCUT2D eigenvalue weighted by atomic mass is 10.1. The number of oxime groups is 1. The van der Waals surface area contributed by atoms with E-state index in [9.17, 15) is 4.79 Å². The third-order valence-electron chi connectivity index (χ3n) is 2.18. The third-order valence-corrected chi connectivity index (χ3v) is 2.67. The summed E-state index contributed by atoms with van der Waals surface area (Å²) in [5.41, 5.74) is 1.04. The Balaban J connectivity index is 2.67. The largest absolute Gasteiger partial charge is 0.410 e. The minimum absolute atomic E-state index is 0.122. The van der Waals surface area contributed by atoms with Crippen molar-refractivity contribution in [1.82, 2.24) is 5.32 Å². The fourth-order valence-corrected chi connectivity index (χ4v) is 1.79. The number of amides is 1. The zero-order valence-corrected chi connectivity index (χ0v) is 11.2. The van der Waals surface area contributed by atoms with Gasteiger partial charge in [0.15, 0.2) is 0 Å². The van der Waals surface area contributed by atoms with Gasteiger partial charge < -0.3 is 10.5 Å². The summed E-state index contributed by atoms with van der Waals surface area (Å²) in [5.74, 6) is -0.325. The third kappa shape index (κ3) is 4.56. The maximum atomic E-state index is 11.6. The highest BCUT2D eigenvalue weighted by atomic mass is 79.9. The molecular formula is C12H15BrN2O2. The van der Waals surface area contributed by atoms with Crippen molar-refractivity contribution in [2.24, 2.45) is 5.16 Å². The zero-order valence-electron chi connectivity index (χ0n) is 9.61. The lowest BCUT2D eigenvalue weighted by Crippen LogP contribution is -2.32. The molecule has 0 atom stereocenters. The SMILES string of the molecule is CCCNC(=O)/C(Cc1cccc(Br)c1)=N/O. The number of nitrogens with zero attached hydrogens (tertiary/aromatic N) is 1. The summed E-state index contributed by atoms with van der Waals surface area (Å²) >= 11 is 3.35. The monoisotopic (exact) mass is 298 g/mol. The van der Waals surface area contributed by atoms with Crippen molar-refractivity contribution in [1.29, 1.82) is 0 Å². The van der Waals surface area contributed by atoms with E-state index in [1.807, 2.05) is 31.2 Å². The van der Waals surface area contributed by atoms with Crippen LogP contribution >= 0.6 is 15.9 Å². The van der Waals surface area contributed by atoms with Gasteiger partial charge in [-0.05, 0) is 24.1 Å². The van der Waals surface area contributed by atoms with Crippen molar-refractivity contribution in [2.75, 3.05) is 6.54 Å². The van der Waals surface area contributed by atoms with Gasteiger partial charge in [0.1, 0.15) is 5.71 Å². The molecule has 0 heterocycles. The van der Waals surface area contributed by atoms with Crippen LogP contribution in [-0.2, 0) is 11.2 Å². The summed E-state index contributed by atoms with van der Waals surface area (Å²) in [6, 6.07) is 7.54. The van der Waals surface area contributed by atoms with E-state index in [4.69, 9.17) is 5.21 Å². The van der Waals surface area contributed by atoms with Crippen LogP contribution in [0.15, 0.2) is 33.9 Å². The minimum Gasteiger partial charge on any atom is -0.410 e. The van der Waals surface area contributed by atoms with Gasteiger partial charge >= 0.3 is 0 Å². The number of hydrogen-bond acceptors (Lipinski definition) is 3. The molecule has 0 aliphatic carbocycles. The number of hydrogen-bond donors (Lipinski definition) is 2. The number of rotatable bonds is 5. The maximum absolute atomic E-state index is 11.6. The van der Waals surface area contributed by atoms with Crippen molar-refractivity contribution < 1.29 is 10.0 Å². The molecule has 0 aromatic heterocycles. The molecule has 0 radical (unpaired) electrons. The summed E-state index contributed by atoms with van der Waals surface area (Å²) in [7, 11) is 0. The van der Waals surface area contributed by atoms with Crippen LogP contribution in [0.1, 0.15) is 18.9 Å². The highest BCUT2D eigenvalue weighted by Gasteiger charge is 2.12. The van der Waals surface area contributed by atoms with Gasteiger partial charge in [0.25, 0.3) is 5.91 Å². The molecule has 0 bridgehead atoms. The average molecular weight is 299 g/mol. The molecule has 1 amide bonds. The van der Waals surface area contributed by atoms with Crippen molar-refractivity contribution in [3.05, 3.63) is 34.3 Å². The first kappa shape index (κ1) is 13.7. The van der Waals surface area contributed by atoms with E-state index in [1.165, 1.54) is 0 Å². The Morgan fingerprint density at radius 2 is 2.29 bits per heavy atom. The zero-order chi connectivity index (χ0) is 12.7. The predicted octanol–water partition coefficient (Wildman–Crippen LogP) is 2.35. The summed E-state index contributed by atoms with van der Waals surface area (Å²) in [5, 5.41) is 14.6. The topological polar surface area (TPSA) is 61.7 Å². The van der Waals surface area contributed by atoms with Crippen molar-refractivity contribution >= 4 is 27.5 Å². The second kappa shape index (κ2) is 7.06. The first-order valence-corrected chi connectivity index (χ1v) is 6.20. The van der Waals surface area contributed by atoms with Crippen LogP contribution in [0, 0.1) is 0 Å². The highest BCUT2D eigenvalue weighted by molar-refractivity contribution is 9.10. The molecule has 0 saturated heterocycles. The van der Waals surface area contributed by atoms with E-state index in [0.717, 1.165) is 16.5 Å². The van der Waals surface area contributed by atoms with Crippen LogP contribution in [0.25, 0.3) is 0 Å². The molecule has 2 N–H and O–H groups in total. The van der Waals surface area contributed by atoms with Gasteiger partial charge in [-0.25, -0.2) is 0 Å². The number of carbonyl (C=O) groups excluding carboxylic acids is 1. The molecule has 1 aromatic rings. The Morgan fingerprint density at radius 3 is 2.88 bits per heavy atom. The van der Waals surface area contributed by atoms with Crippen LogP contribution in [0.5, 0.6) is 0 Å².